The zero-order valence-corrected chi connectivity index (χ0v) is 9.73. The molecule has 0 bridgehead atoms. The maximum Gasteiger partial charge on any atom is 0.0300 e. The van der Waals surface area contributed by atoms with Crippen LogP contribution >= 0.6 is 0 Å². The third-order valence-corrected chi connectivity index (χ3v) is 3.36. The van der Waals surface area contributed by atoms with E-state index in [4.69, 9.17) is 5.73 Å². The molecule has 2 unspecified atom stereocenters. The molecule has 1 fully saturated rings. The molecule has 3 nitrogen and oxygen atoms in total. The van der Waals surface area contributed by atoms with E-state index < -0.39 is 0 Å². The molecular formula is C13H21N3. The van der Waals surface area contributed by atoms with Gasteiger partial charge >= 0.3 is 0 Å². The lowest BCUT2D eigenvalue weighted by Gasteiger charge is -2.29. The molecule has 1 heterocycles. The highest BCUT2D eigenvalue weighted by molar-refractivity contribution is 5.08. The summed E-state index contributed by atoms with van der Waals surface area (Å²) >= 11 is 0. The second-order valence-corrected chi connectivity index (χ2v) is 4.62. The Morgan fingerprint density at radius 3 is 3.00 bits per heavy atom. The number of rotatable bonds is 4. The summed E-state index contributed by atoms with van der Waals surface area (Å²) in [6, 6.07) is 4.98. The van der Waals surface area contributed by atoms with Crippen LogP contribution in [0.5, 0.6) is 0 Å². The van der Waals surface area contributed by atoms with E-state index in [1.54, 1.807) is 0 Å². The Bertz CT molecular complexity index is 299. The largest absolute Gasteiger partial charge is 0.326 e. The van der Waals surface area contributed by atoms with Crippen LogP contribution in [0.15, 0.2) is 24.5 Å². The van der Waals surface area contributed by atoms with Gasteiger partial charge in [0.1, 0.15) is 0 Å². The minimum Gasteiger partial charge on any atom is -0.326 e. The van der Waals surface area contributed by atoms with Gasteiger partial charge in [0.05, 0.1) is 0 Å². The SMILES string of the molecule is NC1CCCCC1NCCc1cccnc1. The highest BCUT2D eigenvalue weighted by atomic mass is 15.0. The van der Waals surface area contributed by atoms with Gasteiger partial charge in [-0.3, -0.25) is 4.98 Å². The van der Waals surface area contributed by atoms with E-state index in [2.05, 4.69) is 16.4 Å². The number of nitrogens with zero attached hydrogens (tertiary/aromatic N) is 1. The molecule has 0 amide bonds. The van der Waals surface area contributed by atoms with Crippen LogP contribution in [0.4, 0.5) is 0 Å². The van der Waals surface area contributed by atoms with Gasteiger partial charge in [0, 0.05) is 24.5 Å². The first-order chi connectivity index (χ1) is 7.86. The number of nitrogens with two attached hydrogens (primary N) is 1. The van der Waals surface area contributed by atoms with Gasteiger partial charge in [-0.1, -0.05) is 18.9 Å². The molecule has 1 aliphatic carbocycles. The fraction of sp³-hybridized carbons (Fsp3) is 0.615. The maximum absolute atomic E-state index is 6.08. The van der Waals surface area contributed by atoms with Crippen molar-refractivity contribution < 1.29 is 0 Å². The van der Waals surface area contributed by atoms with Crippen LogP contribution in [0, 0.1) is 0 Å². The third kappa shape index (κ3) is 3.29. The summed E-state index contributed by atoms with van der Waals surface area (Å²) in [7, 11) is 0. The molecule has 0 radical (unpaired) electrons. The molecule has 3 N–H and O–H groups in total. The minimum absolute atomic E-state index is 0.350. The van der Waals surface area contributed by atoms with E-state index in [1.165, 1.54) is 31.2 Å². The van der Waals surface area contributed by atoms with Gasteiger partial charge in [-0.25, -0.2) is 0 Å². The average molecular weight is 219 g/mol. The third-order valence-electron chi connectivity index (χ3n) is 3.36. The Balaban J connectivity index is 1.71. The highest BCUT2D eigenvalue weighted by Gasteiger charge is 2.20. The molecule has 1 aromatic rings. The van der Waals surface area contributed by atoms with Crippen molar-refractivity contribution >= 4 is 0 Å². The van der Waals surface area contributed by atoms with Crippen LogP contribution in [0.1, 0.15) is 31.2 Å². The van der Waals surface area contributed by atoms with Gasteiger partial charge in [-0.2, -0.15) is 0 Å². The molecule has 2 atom stereocenters. The lowest BCUT2D eigenvalue weighted by atomic mass is 9.91. The van der Waals surface area contributed by atoms with Crippen molar-refractivity contribution in [3.8, 4) is 0 Å². The van der Waals surface area contributed by atoms with E-state index in [0.717, 1.165) is 13.0 Å². The minimum atomic E-state index is 0.350. The van der Waals surface area contributed by atoms with E-state index >= 15 is 0 Å². The fourth-order valence-electron chi connectivity index (χ4n) is 2.36. The summed E-state index contributed by atoms with van der Waals surface area (Å²) < 4.78 is 0. The molecule has 0 aromatic carbocycles. The summed E-state index contributed by atoms with van der Waals surface area (Å²) in [5.74, 6) is 0. The van der Waals surface area contributed by atoms with Crippen molar-refractivity contribution in [1.29, 1.82) is 0 Å². The van der Waals surface area contributed by atoms with E-state index in [-0.39, 0.29) is 0 Å². The Kier molecular flexibility index (Phi) is 4.31. The lowest BCUT2D eigenvalue weighted by molar-refractivity contribution is 0.329. The highest BCUT2D eigenvalue weighted by Crippen LogP contribution is 2.16. The number of hydrogen-bond donors (Lipinski definition) is 2. The van der Waals surface area contributed by atoms with Crippen LogP contribution in [-0.2, 0) is 6.42 Å². The van der Waals surface area contributed by atoms with Crippen LogP contribution in [0.3, 0.4) is 0 Å². The molecule has 88 valence electrons. The number of pyridine rings is 1. The summed E-state index contributed by atoms with van der Waals surface area (Å²) in [6.45, 7) is 1.00. The second-order valence-electron chi connectivity index (χ2n) is 4.62. The number of hydrogen-bond acceptors (Lipinski definition) is 3. The molecule has 3 heteroatoms. The number of nitrogens with one attached hydrogen (secondary N) is 1. The smallest absolute Gasteiger partial charge is 0.0300 e. The average Bonchev–Trinajstić information content (AvgIpc) is 2.33. The van der Waals surface area contributed by atoms with Crippen LogP contribution in [0.2, 0.25) is 0 Å². The van der Waals surface area contributed by atoms with Crippen molar-refractivity contribution in [3.63, 3.8) is 0 Å². The first-order valence-corrected chi connectivity index (χ1v) is 6.24. The van der Waals surface area contributed by atoms with Gasteiger partial charge in [-0.15, -0.1) is 0 Å². The van der Waals surface area contributed by atoms with Crippen molar-refractivity contribution in [1.82, 2.24) is 10.3 Å². The zero-order chi connectivity index (χ0) is 11.2. The normalized spacial score (nSPS) is 25.6. The molecule has 0 aliphatic heterocycles. The lowest BCUT2D eigenvalue weighted by Crippen LogP contribution is -2.47. The molecule has 0 spiro atoms. The Morgan fingerprint density at radius 2 is 2.25 bits per heavy atom. The standard InChI is InChI=1S/C13H21N3/c14-12-5-1-2-6-13(12)16-9-7-11-4-3-8-15-10-11/h3-4,8,10,12-13,16H,1-2,5-7,9,14H2. The molecule has 1 saturated carbocycles. The number of aromatic nitrogens is 1. The molecule has 0 saturated heterocycles. The van der Waals surface area contributed by atoms with Gasteiger partial charge in [0.15, 0.2) is 0 Å². The zero-order valence-electron chi connectivity index (χ0n) is 9.73. The monoisotopic (exact) mass is 219 g/mol. The quantitative estimate of drug-likeness (QED) is 0.806. The summed E-state index contributed by atoms with van der Waals surface area (Å²) in [5.41, 5.74) is 7.37. The van der Waals surface area contributed by atoms with Crippen molar-refractivity contribution in [2.75, 3.05) is 6.54 Å². The molecule has 1 aliphatic rings. The Hall–Kier alpha value is -0.930. The van der Waals surface area contributed by atoms with Gasteiger partial charge in [-0.05, 0) is 37.4 Å². The van der Waals surface area contributed by atoms with E-state index in [1.807, 2.05) is 18.5 Å². The summed E-state index contributed by atoms with van der Waals surface area (Å²) in [4.78, 5) is 4.11. The predicted octanol–water partition coefficient (Wildman–Crippen LogP) is 1.48. The topological polar surface area (TPSA) is 50.9 Å². The summed E-state index contributed by atoms with van der Waals surface area (Å²) in [6.07, 6.45) is 9.80. The van der Waals surface area contributed by atoms with Crippen LogP contribution in [0.25, 0.3) is 0 Å². The van der Waals surface area contributed by atoms with Crippen molar-refractivity contribution in [2.24, 2.45) is 5.73 Å². The molecule has 2 rings (SSSR count). The molecule has 1 aromatic heterocycles. The second kappa shape index (κ2) is 5.97. The van der Waals surface area contributed by atoms with Crippen LogP contribution in [-0.4, -0.2) is 23.6 Å². The first-order valence-electron chi connectivity index (χ1n) is 6.24. The summed E-state index contributed by atoms with van der Waals surface area (Å²) in [5, 5.41) is 3.57. The fourth-order valence-corrected chi connectivity index (χ4v) is 2.36. The Morgan fingerprint density at radius 1 is 1.38 bits per heavy atom. The van der Waals surface area contributed by atoms with Crippen molar-refractivity contribution in [2.45, 2.75) is 44.2 Å². The van der Waals surface area contributed by atoms with E-state index in [9.17, 15) is 0 Å². The van der Waals surface area contributed by atoms with E-state index in [0.29, 0.717) is 12.1 Å². The van der Waals surface area contributed by atoms with Gasteiger partial charge in [0.25, 0.3) is 0 Å². The van der Waals surface area contributed by atoms with Gasteiger partial charge in [0.2, 0.25) is 0 Å². The Labute approximate surface area is 97.5 Å². The predicted molar refractivity (Wildman–Crippen MR) is 66.2 cm³/mol. The molecular weight excluding hydrogens is 198 g/mol. The van der Waals surface area contributed by atoms with Crippen molar-refractivity contribution in [3.05, 3.63) is 30.1 Å². The van der Waals surface area contributed by atoms with Crippen LogP contribution < -0.4 is 11.1 Å². The maximum atomic E-state index is 6.08. The first kappa shape index (κ1) is 11.6. The molecule has 16 heavy (non-hydrogen) atoms. The van der Waals surface area contributed by atoms with Gasteiger partial charge < -0.3 is 11.1 Å².